The van der Waals surface area contributed by atoms with E-state index in [1.165, 1.54) is 13.8 Å². The second-order valence-electron chi connectivity index (χ2n) is 36.1. The quantitative estimate of drug-likeness (QED) is 0.127. The van der Waals surface area contributed by atoms with Crippen LogP contribution in [0.25, 0.3) is 0 Å². The zero-order chi connectivity index (χ0) is 95.4. The predicted octanol–water partition coefficient (Wildman–Crippen LogP) is 6.24. The van der Waals surface area contributed by atoms with E-state index in [2.05, 4.69) is 66.3 Å². The maximum Gasteiger partial charge on any atom is 0.321 e. The zero-order valence-corrected chi connectivity index (χ0v) is 71.8. The van der Waals surface area contributed by atoms with Crippen molar-refractivity contribution in [1.82, 2.24) is 0 Å². The molecule has 0 spiro atoms. The van der Waals surface area contributed by atoms with E-state index in [4.69, 9.17) is 0 Å². The van der Waals surface area contributed by atoms with E-state index in [9.17, 15) is 134 Å². The van der Waals surface area contributed by atoms with Crippen LogP contribution in [-0.2, 0) is 201 Å². The number of rotatable bonds is 12. The molecule has 0 aromatic heterocycles. The highest BCUT2D eigenvalue weighted by atomic mass is 16.6. The van der Waals surface area contributed by atoms with Gasteiger partial charge in [0.2, 0.25) is 0 Å². The van der Waals surface area contributed by atoms with Gasteiger partial charge >= 0.3 is 167 Å². The van der Waals surface area contributed by atoms with Gasteiger partial charge in [-0.25, -0.2) is 0 Å². The van der Waals surface area contributed by atoms with Gasteiger partial charge < -0.3 is 66.3 Å². The fourth-order valence-electron chi connectivity index (χ4n) is 19.6. The van der Waals surface area contributed by atoms with Gasteiger partial charge in [0, 0.05) is 102 Å². The summed E-state index contributed by atoms with van der Waals surface area (Å²) in [6.07, 6.45) is 11.3. The molecule has 14 aliphatic heterocycles. The second kappa shape index (κ2) is 45.1. The minimum atomic E-state index is -1.31. The van der Waals surface area contributed by atoms with Crippen LogP contribution in [0.15, 0.2) is 24.3 Å². The average molecular weight is 1870 g/mol. The van der Waals surface area contributed by atoms with Gasteiger partial charge in [-0.3, -0.25) is 134 Å². The van der Waals surface area contributed by atoms with Crippen LogP contribution in [0.3, 0.4) is 0 Å². The van der Waals surface area contributed by atoms with Crippen molar-refractivity contribution in [2.24, 2.45) is 106 Å². The van der Waals surface area contributed by atoms with Crippen molar-refractivity contribution in [2.75, 3.05) is 0 Å². The van der Waals surface area contributed by atoms with E-state index >= 15 is 0 Å². The van der Waals surface area contributed by atoms with Crippen molar-refractivity contribution in [3.05, 3.63) is 35.4 Å². The molecule has 7 unspecified atom stereocenters. The summed E-state index contributed by atoms with van der Waals surface area (Å²) in [5.74, 6) is -17.6. The molecule has 7 atom stereocenters. The Labute approximate surface area is 759 Å². The monoisotopic (exact) mass is 1870 g/mol. The molecule has 42 heteroatoms. The minimum absolute atomic E-state index is 0. The number of carbonyl (C=O) groups excluding carboxylic acids is 28. The van der Waals surface area contributed by atoms with Crippen molar-refractivity contribution in [2.45, 2.75) is 253 Å². The molecule has 0 bridgehead atoms. The fourth-order valence-corrected chi connectivity index (χ4v) is 19.6. The summed E-state index contributed by atoms with van der Waals surface area (Å²) in [5, 5.41) is 0. The first kappa shape index (κ1) is 104. The first-order valence-electron chi connectivity index (χ1n) is 43.3. The number of esters is 28. The first-order chi connectivity index (χ1) is 61.8. The van der Waals surface area contributed by atoms with Gasteiger partial charge in [0.25, 0.3) is 0 Å². The van der Waals surface area contributed by atoms with Crippen molar-refractivity contribution in [3.63, 3.8) is 0 Å². The van der Waals surface area contributed by atoms with Crippen molar-refractivity contribution < 1.29 is 201 Å². The molecule has 17 rings (SSSR count). The Balaban J connectivity index is 0.000000175. The summed E-state index contributed by atoms with van der Waals surface area (Å²) in [4.78, 5) is 315. The van der Waals surface area contributed by atoms with Gasteiger partial charge in [-0.1, -0.05) is 53.0 Å². The summed E-state index contributed by atoms with van der Waals surface area (Å²) in [6.45, 7) is 6.04. The van der Waals surface area contributed by atoms with Crippen LogP contribution in [0, 0.1) is 106 Å². The number of carbonyl (C=O) groups is 28. The predicted molar refractivity (Wildman–Crippen MR) is 427 cm³/mol. The lowest BCUT2D eigenvalue weighted by Gasteiger charge is -2.37. The highest BCUT2D eigenvalue weighted by molar-refractivity contribution is 6.06. The van der Waals surface area contributed by atoms with Gasteiger partial charge in [0.1, 0.15) is 0 Å². The Morgan fingerprint density at radius 1 is 0.226 bits per heavy atom. The van der Waals surface area contributed by atoms with Crippen LogP contribution >= 0.6 is 0 Å². The molecule has 2 aliphatic carbocycles. The maximum absolute atomic E-state index is 11.6. The minimum Gasteiger partial charge on any atom is -0.393 e. The summed E-state index contributed by atoms with van der Waals surface area (Å²) in [5.41, 5.74) is -0.877. The molecule has 2 saturated carbocycles. The summed E-state index contributed by atoms with van der Waals surface area (Å²) in [7, 11) is 0. The van der Waals surface area contributed by atoms with E-state index in [1.807, 2.05) is 24.3 Å². The van der Waals surface area contributed by atoms with E-state index in [0.29, 0.717) is 62.7 Å². The van der Waals surface area contributed by atoms with Crippen LogP contribution in [0.2, 0.25) is 0 Å². The number of ether oxygens (including phenoxy) is 14. The molecule has 14 heterocycles. The topological polar surface area (TPSA) is 607 Å². The third-order valence-electron chi connectivity index (χ3n) is 27.1. The molecule has 42 nitrogen and oxygen atoms in total. The molecule has 0 N–H and O–H groups in total. The van der Waals surface area contributed by atoms with Crippen LogP contribution < -0.4 is 0 Å². The zero-order valence-electron chi connectivity index (χ0n) is 71.8. The Bertz CT molecular complexity index is 4510. The van der Waals surface area contributed by atoms with Crippen LogP contribution in [0.4, 0.5) is 0 Å². The Kier molecular flexibility index (Phi) is 35.2. The van der Waals surface area contributed by atoms with Gasteiger partial charge in [-0.15, -0.1) is 0 Å². The number of hydrogen-bond acceptors (Lipinski definition) is 42. The van der Waals surface area contributed by atoms with Gasteiger partial charge in [-0.05, 0) is 154 Å². The lowest BCUT2D eigenvalue weighted by Crippen LogP contribution is -2.44. The molecule has 1 aromatic rings. The second-order valence-corrected chi connectivity index (χ2v) is 36.1. The number of hydrogen-bond donors (Lipinski definition) is 0. The van der Waals surface area contributed by atoms with E-state index < -0.39 is 196 Å². The molecular formula is C91H104O42. The standard InChI is InChI=1S/C16H20O6.C16H14O6.C15H18O6.2C11H12O6.2C10H10O6.2CH4/c2*17-13-5-11(6-14(18)21-13)9-1-2-10(4-3-9)12-7-15(19)22-16(20)8-12;16-12-5-10(6-13(17)20-12)8-1-3-9(4-2-8)11-7-14(18)21-15(11)19;12-8-2-6(3-9(13)16-8)1-7-4-10(14)17-11(15)5-7;1-4-6(10(14)16-8(4)12)3-7-5(2)9(13)17-11(7)15;1-9(3-5(11)15-7(9)13)10(2)4-6(12)16-8(10)14;11-7-1-5(2-8(12)15-7)6-3-9(13)16-10(14)4-6;;/h9-12H,1-8H2;1-4,11-12H,5-8H2;8-11H,1-7H2;6-7H,1-5H2;4-7H,3H2,1-2H3;3-4H2,1-2H3;5-6H,1-4H2;2*1H4. The van der Waals surface area contributed by atoms with Crippen molar-refractivity contribution in [3.8, 4) is 0 Å². The lowest BCUT2D eigenvalue weighted by molar-refractivity contribution is -0.173. The molecule has 133 heavy (non-hydrogen) atoms. The van der Waals surface area contributed by atoms with Crippen molar-refractivity contribution in [1.29, 1.82) is 0 Å². The van der Waals surface area contributed by atoms with Crippen LogP contribution in [-0.4, -0.2) is 167 Å². The van der Waals surface area contributed by atoms with E-state index in [-0.39, 0.29) is 189 Å². The van der Waals surface area contributed by atoms with Crippen molar-refractivity contribution >= 4 is 167 Å². The molecule has 0 amide bonds. The van der Waals surface area contributed by atoms with Crippen LogP contribution in [0.1, 0.15) is 265 Å². The van der Waals surface area contributed by atoms with E-state index in [1.54, 1.807) is 13.8 Å². The number of benzene rings is 1. The summed E-state index contributed by atoms with van der Waals surface area (Å²) >= 11 is 0. The average Bonchev–Trinajstić information content (AvgIpc) is 1.58. The molecule has 16 fully saturated rings. The Hall–Kier alpha value is -12.8. The molecule has 1 aromatic carbocycles. The maximum atomic E-state index is 11.6. The van der Waals surface area contributed by atoms with Gasteiger partial charge in [0.15, 0.2) is 0 Å². The third-order valence-corrected chi connectivity index (χ3v) is 27.1. The Morgan fingerprint density at radius 3 is 0.654 bits per heavy atom. The van der Waals surface area contributed by atoms with Gasteiger partial charge in [-0.2, -0.15) is 0 Å². The van der Waals surface area contributed by atoms with Gasteiger partial charge in [0.05, 0.1) is 85.4 Å². The third kappa shape index (κ3) is 27.4. The summed E-state index contributed by atoms with van der Waals surface area (Å²) < 4.78 is 62.8. The number of cyclic esters (lactones) is 28. The highest BCUT2D eigenvalue weighted by Crippen LogP contribution is 2.53. The molecule has 720 valence electrons. The lowest BCUT2D eigenvalue weighted by atomic mass is 9.63. The SMILES string of the molecule is C.C.CC1(C2(C)CC(=O)OC2=O)CC(=O)OC1=O.CC1C(=O)OC(=O)C1CC1C(=O)OC(=O)C1C.O=C1CC(C2CC(=O)OC(=O)C2)CC(=O)O1.O=C1CC(C2CCC(C3CC(=O)OC(=O)C3)CC2)CC(=O)O1.O=C1CC(C2CCC(C3CC(=O)OC3=O)CC2)CC(=O)O1.O=C1CC(CC2CC(=O)OC(=O)C2)CC(=O)O1.O=C1CC(c2ccc(C3CC(=O)OC(=O)C3)cc2)CC(=O)O1. The molecule has 16 aliphatic rings. The highest BCUT2D eigenvalue weighted by Gasteiger charge is 2.65. The van der Waals surface area contributed by atoms with E-state index in [0.717, 1.165) is 62.5 Å². The molecule has 0 radical (unpaired) electrons. The largest absolute Gasteiger partial charge is 0.393 e. The normalized spacial score (nSPS) is 29.5. The molecule has 14 saturated heterocycles. The molecular weight excluding hydrogens is 1760 g/mol. The fraction of sp³-hybridized carbons (Fsp3) is 0.626. The van der Waals surface area contributed by atoms with Crippen LogP contribution in [0.5, 0.6) is 0 Å². The summed E-state index contributed by atoms with van der Waals surface area (Å²) in [6, 6.07) is 7.32. The first-order valence-corrected chi connectivity index (χ1v) is 43.3. The Morgan fingerprint density at radius 2 is 0.444 bits per heavy atom. The smallest absolute Gasteiger partial charge is 0.321 e.